The third kappa shape index (κ3) is 3.78. The van der Waals surface area contributed by atoms with Gasteiger partial charge in [0.15, 0.2) is 0 Å². The van der Waals surface area contributed by atoms with Crippen LogP contribution in [0.1, 0.15) is 42.9 Å². The third-order valence-corrected chi connectivity index (χ3v) is 6.74. The van der Waals surface area contributed by atoms with Crippen LogP contribution in [-0.2, 0) is 10.0 Å². The Balaban J connectivity index is 1.98. The Morgan fingerprint density at radius 3 is 2.27 bits per heavy atom. The van der Waals surface area contributed by atoms with Crippen LogP contribution >= 0.6 is 0 Å². The van der Waals surface area contributed by atoms with Gasteiger partial charge < -0.3 is 0 Å². The standard InChI is InChI=1S/C19H22N2O4S/c1-15-6-8-16(9-7-15)19-5-3-2-4-14-20(19)26(24,25)18-12-10-17(11-13-18)21(22)23/h6-13,19H,2-5,14H2,1H3. The summed E-state index contributed by atoms with van der Waals surface area (Å²) in [6, 6.07) is 12.9. The molecule has 0 aromatic heterocycles. The number of benzene rings is 2. The van der Waals surface area contributed by atoms with Gasteiger partial charge in [0.1, 0.15) is 0 Å². The maximum absolute atomic E-state index is 13.2. The Kier molecular flexibility index (Phi) is 5.38. The molecule has 0 saturated carbocycles. The van der Waals surface area contributed by atoms with Crippen molar-refractivity contribution >= 4 is 15.7 Å². The van der Waals surface area contributed by atoms with Crippen molar-refractivity contribution in [3.8, 4) is 0 Å². The van der Waals surface area contributed by atoms with Crippen molar-refractivity contribution in [3.63, 3.8) is 0 Å². The molecule has 138 valence electrons. The molecular weight excluding hydrogens is 352 g/mol. The molecule has 0 bridgehead atoms. The van der Waals surface area contributed by atoms with E-state index in [1.54, 1.807) is 4.31 Å². The van der Waals surface area contributed by atoms with Crippen molar-refractivity contribution in [2.75, 3.05) is 6.54 Å². The van der Waals surface area contributed by atoms with Crippen LogP contribution in [0.4, 0.5) is 5.69 Å². The van der Waals surface area contributed by atoms with E-state index < -0.39 is 14.9 Å². The third-order valence-electron chi connectivity index (χ3n) is 4.82. The first-order chi connectivity index (χ1) is 12.4. The number of hydrogen-bond donors (Lipinski definition) is 0. The van der Waals surface area contributed by atoms with Gasteiger partial charge in [-0.3, -0.25) is 10.1 Å². The van der Waals surface area contributed by atoms with Gasteiger partial charge in [-0.2, -0.15) is 4.31 Å². The zero-order chi connectivity index (χ0) is 18.7. The van der Waals surface area contributed by atoms with Crippen LogP contribution in [0.3, 0.4) is 0 Å². The van der Waals surface area contributed by atoms with Gasteiger partial charge >= 0.3 is 0 Å². The van der Waals surface area contributed by atoms with E-state index in [0.717, 1.165) is 36.8 Å². The van der Waals surface area contributed by atoms with Crippen LogP contribution < -0.4 is 0 Å². The van der Waals surface area contributed by atoms with E-state index in [-0.39, 0.29) is 16.6 Å². The fourth-order valence-corrected chi connectivity index (χ4v) is 5.05. The lowest BCUT2D eigenvalue weighted by molar-refractivity contribution is -0.384. The van der Waals surface area contributed by atoms with Gasteiger partial charge in [0, 0.05) is 18.7 Å². The molecule has 0 N–H and O–H groups in total. The Morgan fingerprint density at radius 1 is 1.00 bits per heavy atom. The Bertz CT molecular complexity index is 877. The summed E-state index contributed by atoms with van der Waals surface area (Å²) < 4.78 is 28.0. The molecule has 7 heteroatoms. The molecule has 6 nitrogen and oxygen atoms in total. The highest BCUT2D eigenvalue weighted by Gasteiger charge is 2.33. The summed E-state index contributed by atoms with van der Waals surface area (Å²) in [6.45, 7) is 2.46. The molecule has 0 amide bonds. The Morgan fingerprint density at radius 2 is 1.65 bits per heavy atom. The van der Waals surface area contributed by atoms with Crippen LogP contribution in [0.2, 0.25) is 0 Å². The van der Waals surface area contributed by atoms with E-state index in [0.29, 0.717) is 6.54 Å². The quantitative estimate of drug-likeness (QED) is 0.593. The van der Waals surface area contributed by atoms with Crippen LogP contribution in [0.25, 0.3) is 0 Å². The van der Waals surface area contributed by atoms with Gasteiger partial charge in [-0.15, -0.1) is 0 Å². The summed E-state index contributed by atoms with van der Waals surface area (Å²) in [5.74, 6) is 0. The van der Waals surface area contributed by atoms with E-state index >= 15 is 0 Å². The predicted molar refractivity (Wildman–Crippen MR) is 99.4 cm³/mol. The number of aryl methyl sites for hydroxylation is 1. The molecule has 26 heavy (non-hydrogen) atoms. The number of hydrogen-bond acceptors (Lipinski definition) is 4. The summed E-state index contributed by atoms with van der Waals surface area (Å²) >= 11 is 0. The molecule has 1 heterocycles. The van der Waals surface area contributed by atoms with Gasteiger partial charge in [-0.05, 0) is 37.5 Å². The van der Waals surface area contributed by atoms with Crippen molar-refractivity contribution in [1.82, 2.24) is 4.31 Å². The predicted octanol–water partition coefficient (Wildman–Crippen LogP) is 4.21. The molecule has 0 aliphatic carbocycles. The average molecular weight is 374 g/mol. The van der Waals surface area contributed by atoms with Crippen LogP contribution in [0, 0.1) is 17.0 Å². The zero-order valence-corrected chi connectivity index (χ0v) is 15.5. The van der Waals surface area contributed by atoms with E-state index in [2.05, 4.69) is 0 Å². The molecule has 1 aliphatic rings. The summed E-state index contributed by atoms with van der Waals surface area (Å²) in [4.78, 5) is 10.4. The minimum atomic E-state index is -3.72. The molecular formula is C19H22N2O4S. The first-order valence-corrected chi connectivity index (χ1v) is 10.2. The summed E-state index contributed by atoms with van der Waals surface area (Å²) in [5, 5.41) is 10.8. The fourth-order valence-electron chi connectivity index (χ4n) is 3.37. The molecule has 2 aromatic rings. The smallest absolute Gasteiger partial charge is 0.258 e. The van der Waals surface area contributed by atoms with Gasteiger partial charge in [-0.25, -0.2) is 8.42 Å². The largest absolute Gasteiger partial charge is 0.269 e. The fraction of sp³-hybridized carbons (Fsp3) is 0.368. The van der Waals surface area contributed by atoms with Crippen LogP contribution in [0.5, 0.6) is 0 Å². The summed E-state index contributed by atoms with van der Waals surface area (Å²) in [6.07, 6.45) is 3.56. The number of sulfonamides is 1. The maximum atomic E-state index is 13.2. The molecule has 1 unspecified atom stereocenters. The highest BCUT2D eigenvalue weighted by molar-refractivity contribution is 7.89. The van der Waals surface area contributed by atoms with E-state index in [1.807, 2.05) is 31.2 Å². The van der Waals surface area contributed by atoms with Crippen molar-refractivity contribution in [1.29, 1.82) is 0 Å². The maximum Gasteiger partial charge on any atom is 0.269 e. The molecule has 2 aromatic carbocycles. The second-order valence-corrected chi connectivity index (χ2v) is 8.53. The lowest BCUT2D eigenvalue weighted by Gasteiger charge is -2.29. The Labute approximate surface area is 153 Å². The van der Waals surface area contributed by atoms with Gasteiger partial charge in [0.25, 0.3) is 5.69 Å². The summed E-state index contributed by atoms with van der Waals surface area (Å²) in [7, 11) is -3.72. The normalized spacial score (nSPS) is 19.0. The first-order valence-electron chi connectivity index (χ1n) is 8.72. The molecule has 0 spiro atoms. The molecule has 3 rings (SSSR count). The lowest BCUT2D eigenvalue weighted by atomic mass is 10.0. The second kappa shape index (κ2) is 7.55. The molecule has 1 saturated heterocycles. The number of non-ortho nitro benzene ring substituents is 1. The second-order valence-electron chi connectivity index (χ2n) is 6.64. The van der Waals surface area contributed by atoms with Gasteiger partial charge in [-0.1, -0.05) is 42.7 Å². The lowest BCUT2D eigenvalue weighted by Crippen LogP contribution is -2.34. The number of nitrogens with zero attached hydrogens (tertiary/aromatic N) is 2. The SMILES string of the molecule is Cc1ccc(C2CCCCCN2S(=O)(=O)c2ccc([N+](=O)[O-])cc2)cc1. The summed E-state index contributed by atoms with van der Waals surface area (Å²) in [5.41, 5.74) is 2.00. The Hall–Kier alpha value is -2.25. The molecule has 1 aliphatic heterocycles. The van der Waals surface area contributed by atoms with Crippen LogP contribution in [-0.4, -0.2) is 24.2 Å². The van der Waals surface area contributed by atoms with Crippen molar-refractivity contribution < 1.29 is 13.3 Å². The highest BCUT2D eigenvalue weighted by atomic mass is 32.2. The van der Waals surface area contributed by atoms with Crippen molar-refractivity contribution in [3.05, 3.63) is 69.8 Å². The minimum Gasteiger partial charge on any atom is -0.258 e. The molecule has 0 radical (unpaired) electrons. The van der Waals surface area contributed by atoms with Crippen molar-refractivity contribution in [2.45, 2.75) is 43.5 Å². The van der Waals surface area contributed by atoms with E-state index in [4.69, 9.17) is 0 Å². The average Bonchev–Trinajstić information content (AvgIpc) is 2.89. The number of rotatable bonds is 4. The van der Waals surface area contributed by atoms with E-state index in [9.17, 15) is 18.5 Å². The highest BCUT2D eigenvalue weighted by Crippen LogP contribution is 2.35. The zero-order valence-electron chi connectivity index (χ0n) is 14.7. The molecule has 1 fully saturated rings. The minimum absolute atomic E-state index is 0.0992. The van der Waals surface area contributed by atoms with E-state index in [1.165, 1.54) is 24.3 Å². The van der Waals surface area contributed by atoms with Crippen molar-refractivity contribution in [2.24, 2.45) is 0 Å². The first kappa shape index (κ1) is 18.5. The number of nitro groups is 1. The molecule has 1 atom stereocenters. The van der Waals surface area contributed by atoms with Gasteiger partial charge in [0.2, 0.25) is 10.0 Å². The topological polar surface area (TPSA) is 80.5 Å². The number of nitro benzene ring substituents is 1. The van der Waals surface area contributed by atoms with Crippen LogP contribution in [0.15, 0.2) is 53.4 Å². The van der Waals surface area contributed by atoms with Gasteiger partial charge in [0.05, 0.1) is 15.9 Å². The monoisotopic (exact) mass is 374 g/mol.